The van der Waals surface area contributed by atoms with E-state index in [9.17, 15) is 4.79 Å². The molecule has 1 aliphatic rings. The summed E-state index contributed by atoms with van der Waals surface area (Å²) in [6, 6.07) is -0.344. The molecule has 0 saturated carbocycles. The molecule has 2 rings (SSSR count). The molecule has 1 saturated heterocycles. The van der Waals surface area contributed by atoms with Crippen molar-refractivity contribution in [1.29, 1.82) is 0 Å². The summed E-state index contributed by atoms with van der Waals surface area (Å²) < 4.78 is 11.8. The Morgan fingerprint density at radius 3 is 3.00 bits per heavy atom. The molecule has 0 bridgehead atoms. The van der Waals surface area contributed by atoms with Crippen molar-refractivity contribution < 1.29 is 14.3 Å². The molecule has 0 radical (unpaired) electrons. The second kappa shape index (κ2) is 8.06. The van der Waals surface area contributed by atoms with Crippen molar-refractivity contribution in [2.75, 3.05) is 46.6 Å². The fraction of sp³-hybridized carbons (Fsp3) is 0.769. The number of methoxy groups -OCH3 is 1. The molecule has 2 heterocycles. The third kappa shape index (κ3) is 4.48. The van der Waals surface area contributed by atoms with Gasteiger partial charge in [0.15, 0.2) is 0 Å². The van der Waals surface area contributed by atoms with E-state index in [2.05, 4.69) is 15.6 Å². The Morgan fingerprint density at radius 2 is 2.29 bits per heavy atom. The summed E-state index contributed by atoms with van der Waals surface area (Å²) in [5.41, 5.74) is 0.813. The third-order valence-corrected chi connectivity index (χ3v) is 3.42. The highest BCUT2D eigenvalue weighted by molar-refractivity contribution is 5.80. The van der Waals surface area contributed by atoms with Crippen LogP contribution in [0.4, 0.5) is 0 Å². The molecule has 8 heteroatoms. The lowest BCUT2D eigenvalue weighted by molar-refractivity contribution is -0.138. The van der Waals surface area contributed by atoms with Gasteiger partial charge in [0.2, 0.25) is 5.91 Å². The zero-order chi connectivity index (χ0) is 15.1. The van der Waals surface area contributed by atoms with Crippen LogP contribution in [-0.4, -0.2) is 72.4 Å². The summed E-state index contributed by atoms with van der Waals surface area (Å²) in [6.07, 6.45) is 1.81. The fourth-order valence-corrected chi connectivity index (χ4v) is 2.14. The van der Waals surface area contributed by atoms with E-state index < -0.39 is 0 Å². The number of hydrogen-bond donors (Lipinski definition) is 1. The number of amides is 1. The lowest BCUT2D eigenvalue weighted by Crippen LogP contribution is -2.43. The molecular weight excluding hydrogens is 274 g/mol. The Hall–Kier alpha value is -1.51. The lowest BCUT2D eigenvalue weighted by atomic mass is 10.2. The van der Waals surface area contributed by atoms with Gasteiger partial charge in [-0.3, -0.25) is 4.79 Å². The molecule has 1 aromatic rings. The second-order valence-electron chi connectivity index (χ2n) is 4.97. The molecule has 1 N–H and O–H groups in total. The van der Waals surface area contributed by atoms with Gasteiger partial charge in [-0.15, -0.1) is 5.10 Å². The summed E-state index contributed by atoms with van der Waals surface area (Å²) in [4.78, 5) is 14.2. The predicted octanol–water partition coefficient (Wildman–Crippen LogP) is -0.566. The molecule has 1 amide bonds. The van der Waals surface area contributed by atoms with Crippen molar-refractivity contribution in [3.8, 4) is 0 Å². The monoisotopic (exact) mass is 297 g/mol. The number of hydrogen-bond acceptors (Lipinski definition) is 6. The Bertz CT molecular complexity index is 445. The van der Waals surface area contributed by atoms with E-state index >= 15 is 0 Å². The van der Waals surface area contributed by atoms with Crippen LogP contribution in [-0.2, 0) is 20.8 Å². The molecule has 1 atom stereocenters. The standard InChI is InChI=1S/C13H23N5O3/c1-11(13(19)17-4-7-21-8-5-17)18-10-12(15-16-18)9-14-3-6-20-2/h10-11,14H,3-9H2,1-2H3. The minimum absolute atomic E-state index is 0.0575. The summed E-state index contributed by atoms with van der Waals surface area (Å²) in [5, 5.41) is 11.3. The zero-order valence-electron chi connectivity index (χ0n) is 12.6. The van der Waals surface area contributed by atoms with Gasteiger partial charge in [-0.2, -0.15) is 0 Å². The Balaban J connectivity index is 1.85. The molecule has 1 aliphatic heterocycles. The van der Waals surface area contributed by atoms with Gasteiger partial charge in [0, 0.05) is 33.3 Å². The first-order valence-corrected chi connectivity index (χ1v) is 7.19. The van der Waals surface area contributed by atoms with Crippen LogP contribution >= 0.6 is 0 Å². The maximum atomic E-state index is 12.4. The molecule has 0 aromatic carbocycles. The van der Waals surface area contributed by atoms with E-state index in [1.165, 1.54) is 0 Å². The van der Waals surface area contributed by atoms with Crippen molar-refractivity contribution in [3.63, 3.8) is 0 Å². The van der Waals surface area contributed by atoms with Gasteiger partial charge in [0.25, 0.3) is 0 Å². The molecule has 118 valence electrons. The molecule has 1 aromatic heterocycles. The van der Waals surface area contributed by atoms with Crippen molar-refractivity contribution in [3.05, 3.63) is 11.9 Å². The SMILES string of the molecule is COCCNCc1cn(C(C)C(=O)N2CCOCC2)nn1. The van der Waals surface area contributed by atoms with Crippen LogP contribution in [0, 0.1) is 0 Å². The van der Waals surface area contributed by atoms with Crippen molar-refractivity contribution >= 4 is 5.91 Å². The number of morpholine rings is 1. The van der Waals surface area contributed by atoms with Crippen molar-refractivity contribution in [2.45, 2.75) is 19.5 Å². The molecule has 0 aliphatic carbocycles. The molecule has 0 spiro atoms. The third-order valence-electron chi connectivity index (χ3n) is 3.42. The molecule has 1 unspecified atom stereocenters. The van der Waals surface area contributed by atoms with E-state index in [4.69, 9.17) is 9.47 Å². The van der Waals surface area contributed by atoms with Gasteiger partial charge in [-0.25, -0.2) is 4.68 Å². The normalized spacial score (nSPS) is 17.0. The van der Waals surface area contributed by atoms with Crippen LogP contribution < -0.4 is 5.32 Å². The van der Waals surface area contributed by atoms with E-state index in [1.807, 2.05) is 18.0 Å². The highest BCUT2D eigenvalue weighted by Gasteiger charge is 2.24. The van der Waals surface area contributed by atoms with Crippen LogP contribution in [0.5, 0.6) is 0 Å². The quantitative estimate of drug-likeness (QED) is 0.679. The first-order chi connectivity index (χ1) is 10.2. The van der Waals surface area contributed by atoms with Gasteiger partial charge in [-0.05, 0) is 6.92 Å². The average Bonchev–Trinajstić information content (AvgIpc) is 3.00. The van der Waals surface area contributed by atoms with Crippen molar-refractivity contribution in [2.24, 2.45) is 0 Å². The van der Waals surface area contributed by atoms with Gasteiger partial charge in [0.1, 0.15) is 6.04 Å². The van der Waals surface area contributed by atoms with Crippen LogP contribution in [0.1, 0.15) is 18.7 Å². The summed E-state index contributed by atoms with van der Waals surface area (Å²) >= 11 is 0. The first-order valence-electron chi connectivity index (χ1n) is 7.19. The number of carbonyl (C=O) groups excluding carboxylic acids is 1. The highest BCUT2D eigenvalue weighted by Crippen LogP contribution is 2.11. The minimum atomic E-state index is -0.344. The fourth-order valence-electron chi connectivity index (χ4n) is 2.14. The van der Waals surface area contributed by atoms with Gasteiger partial charge < -0.3 is 19.7 Å². The summed E-state index contributed by atoms with van der Waals surface area (Å²) in [6.45, 7) is 6.35. The Kier molecular flexibility index (Phi) is 6.09. The molecular formula is C13H23N5O3. The number of nitrogens with one attached hydrogen (secondary N) is 1. The van der Waals surface area contributed by atoms with Crippen LogP contribution in [0.2, 0.25) is 0 Å². The van der Waals surface area contributed by atoms with E-state index in [1.54, 1.807) is 11.8 Å². The summed E-state index contributed by atoms with van der Waals surface area (Å²) in [5.74, 6) is 0.0575. The van der Waals surface area contributed by atoms with Crippen molar-refractivity contribution in [1.82, 2.24) is 25.2 Å². The van der Waals surface area contributed by atoms with E-state index in [0.29, 0.717) is 39.5 Å². The lowest BCUT2D eigenvalue weighted by Gasteiger charge is -2.29. The van der Waals surface area contributed by atoms with Crippen LogP contribution in [0.15, 0.2) is 6.20 Å². The largest absolute Gasteiger partial charge is 0.383 e. The topological polar surface area (TPSA) is 81.5 Å². The van der Waals surface area contributed by atoms with E-state index in [0.717, 1.165) is 12.2 Å². The Morgan fingerprint density at radius 1 is 1.52 bits per heavy atom. The average molecular weight is 297 g/mol. The zero-order valence-corrected chi connectivity index (χ0v) is 12.6. The number of aromatic nitrogens is 3. The van der Waals surface area contributed by atoms with E-state index in [-0.39, 0.29) is 11.9 Å². The maximum Gasteiger partial charge on any atom is 0.247 e. The maximum absolute atomic E-state index is 12.4. The van der Waals surface area contributed by atoms with Gasteiger partial charge in [-0.1, -0.05) is 5.21 Å². The van der Waals surface area contributed by atoms with Crippen LogP contribution in [0.3, 0.4) is 0 Å². The number of nitrogens with zero attached hydrogens (tertiary/aromatic N) is 4. The second-order valence-corrected chi connectivity index (χ2v) is 4.97. The van der Waals surface area contributed by atoms with Crippen LogP contribution in [0.25, 0.3) is 0 Å². The van der Waals surface area contributed by atoms with Gasteiger partial charge in [0.05, 0.1) is 31.7 Å². The Labute approximate surface area is 124 Å². The number of ether oxygens (including phenoxy) is 2. The smallest absolute Gasteiger partial charge is 0.247 e. The summed E-state index contributed by atoms with van der Waals surface area (Å²) in [7, 11) is 1.66. The highest BCUT2D eigenvalue weighted by atomic mass is 16.5. The number of carbonyl (C=O) groups is 1. The molecule has 21 heavy (non-hydrogen) atoms. The first kappa shape index (κ1) is 15.9. The molecule has 1 fully saturated rings. The van der Waals surface area contributed by atoms with Gasteiger partial charge >= 0.3 is 0 Å². The minimum Gasteiger partial charge on any atom is -0.383 e. The molecule has 8 nitrogen and oxygen atoms in total. The number of rotatable bonds is 7. The predicted molar refractivity (Wildman–Crippen MR) is 75.7 cm³/mol.